The second-order valence-corrected chi connectivity index (χ2v) is 6.92. The average molecular weight is 281 g/mol. The Morgan fingerprint density at radius 1 is 1.05 bits per heavy atom. The Morgan fingerprint density at radius 3 is 2.32 bits per heavy atom. The molecule has 0 saturated heterocycles. The van der Waals surface area contributed by atoms with Gasteiger partial charge in [-0.1, -0.05) is 19.3 Å². The second kappa shape index (κ2) is 4.34. The molecule has 0 aromatic heterocycles. The minimum Gasteiger partial charge on any atom is -0.257 e. The smallest absolute Gasteiger partial charge is 0.257 e. The number of hydrogen-bond donors (Lipinski definition) is 0. The molecule has 0 unspecified atom stereocenters. The Hall–Kier alpha value is -1.36. The Morgan fingerprint density at radius 2 is 1.68 bits per heavy atom. The van der Waals surface area contributed by atoms with Gasteiger partial charge in [0.25, 0.3) is 10.0 Å². The van der Waals surface area contributed by atoms with Crippen molar-refractivity contribution >= 4 is 15.7 Å². The van der Waals surface area contributed by atoms with Crippen LogP contribution in [0.5, 0.6) is 0 Å². The van der Waals surface area contributed by atoms with Gasteiger partial charge in [0.1, 0.15) is 5.82 Å². The Kier molecular flexibility index (Phi) is 2.89. The van der Waals surface area contributed by atoms with E-state index in [1.807, 2.05) is 6.08 Å². The molecule has 102 valence electrons. The summed E-state index contributed by atoms with van der Waals surface area (Å²) in [7, 11) is -3.43. The van der Waals surface area contributed by atoms with E-state index in [2.05, 4.69) is 0 Å². The molecule has 1 heterocycles. The van der Waals surface area contributed by atoms with Gasteiger partial charge in [-0.05, 0) is 43.2 Å². The number of sulfonamides is 1. The van der Waals surface area contributed by atoms with Crippen LogP contribution in [0.25, 0.3) is 0 Å². The molecule has 2 aliphatic rings. The molecule has 1 aromatic rings. The fourth-order valence-corrected chi connectivity index (χ4v) is 4.82. The average Bonchev–Trinajstić information content (AvgIpc) is 2.64. The highest BCUT2D eigenvalue weighted by atomic mass is 32.2. The summed E-state index contributed by atoms with van der Waals surface area (Å²) in [5, 5.41) is 1.29. The number of benzene rings is 1. The van der Waals surface area contributed by atoms with E-state index in [0.717, 1.165) is 32.1 Å². The van der Waals surface area contributed by atoms with Gasteiger partial charge in [-0.25, -0.2) is 12.8 Å². The van der Waals surface area contributed by atoms with Crippen LogP contribution in [0.4, 0.5) is 10.1 Å². The van der Waals surface area contributed by atoms with Gasteiger partial charge >= 0.3 is 0 Å². The number of hydrogen-bond acceptors (Lipinski definition) is 2. The molecule has 0 atom stereocenters. The first kappa shape index (κ1) is 12.7. The highest BCUT2D eigenvalue weighted by molar-refractivity contribution is 7.96. The molecule has 0 amide bonds. The van der Waals surface area contributed by atoms with Crippen LogP contribution in [0.1, 0.15) is 32.1 Å². The van der Waals surface area contributed by atoms with E-state index in [-0.39, 0.29) is 5.82 Å². The van der Waals surface area contributed by atoms with Crippen LogP contribution in [0.2, 0.25) is 0 Å². The monoisotopic (exact) mass is 281 g/mol. The van der Waals surface area contributed by atoms with Gasteiger partial charge in [-0.3, -0.25) is 4.31 Å². The van der Waals surface area contributed by atoms with E-state index < -0.39 is 15.6 Å². The lowest BCUT2D eigenvalue weighted by Crippen LogP contribution is -2.47. The van der Waals surface area contributed by atoms with E-state index in [1.54, 1.807) is 0 Å². The van der Waals surface area contributed by atoms with Gasteiger partial charge in [-0.15, -0.1) is 0 Å². The Balaban J connectivity index is 2.07. The molecule has 1 spiro atoms. The summed E-state index contributed by atoms with van der Waals surface area (Å²) in [6.45, 7) is 0. The lowest BCUT2D eigenvalue weighted by Gasteiger charge is -2.40. The highest BCUT2D eigenvalue weighted by Gasteiger charge is 2.46. The molecule has 1 fully saturated rings. The first-order valence-electron chi connectivity index (χ1n) is 6.54. The van der Waals surface area contributed by atoms with Gasteiger partial charge in [0.2, 0.25) is 0 Å². The standard InChI is InChI=1S/C14H16FNO2S/c15-12-4-6-13(7-5-12)16-14(8-2-1-3-9-14)10-11-19(16,17)18/h4-7,10-11H,1-3,8-9H2. The Bertz CT molecular complexity index is 601. The number of rotatable bonds is 1. The first-order valence-corrected chi connectivity index (χ1v) is 8.04. The zero-order chi connectivity index (χ0) is 13.5. The third kappa shape index (κ3) is 2.06. The summed E-state index contributed by atoms with van der Waals surface area (Å²) < 4.78 is 39.0. The summed E-state index contributed by atoms with van der Waals surface area (Å²) in [6.07, 6.45) is 6.67. The van der Waals surface area contributed by atoms with Crippen molar-refractivity contribution in [3.05, 3.63) is 41.6 Å². The quantitative estimate of drug-likeness (QED) is 0.792. The molecule has 3 nitrogen and oxygen atoms in total. The molecule has 0 N–H and O–H groups in total. The number of anilines is 1. The van der Waals surface area contributed by atoms with Crippen molar-refractivity contribution in [1.82, 2.24) is 0 Å². The van der Waals surface area contributed by atoms with Crippen molar-refractivity contribution in [3.63, 3.8) is 0 Å². The molecular weight excluding hydrogens is 265 g/mol. The van der Waals surface area contributed by atoms with Crippen LogP contribution in [0.15, 0.2) is 35.7 Å². The SMILES string of the molecule is O=S1(=O)C=CC2(CCCCC2)N1c1ccc(F)cc1. The first-order chi connectivity index (χ1) is 9.04. The van der Waals surface area contributed by atoms with Crippen molar-refractivity contribution in [2.24, 2.45) is 0 Å². The summed E-state index contributed by atoms with van der Waals surface area (Å²) in [5.41, 5.74) is 0.114. The molecule has 1 aromatic carbocycles. The van der Waals surface area contributed by atoms with Crippen molar-refractivity contribution < 1.29 is 12.8 Å². The lowest BCUT2D eigenvalue weighted by molar-refractivity contribution is 0.365. The normalized spacial score (nSPS) is 23.9. The molecule has 1 saturated carbocycles. The molecular formula is C14H16FNO2S. The topological polar surface area (TPSA) is 37.4 Å². The number of nitrogens with zero attached hydrogens (tertiary/aromatic N) is 1. The molecule has 19 heavy (non-hydrogen) atoms. The number of halogens is 1. The maximum atomic E-state index is 13.0. The molecule has 0 radical (unpaired) electrons. The highest BCUT2D eigenvalue weighted by Crippen LogP contribution is 2.43. The minimum absolute atomic E-state index is 0.356. The molecule has 5 heteroatoms. The summed E-state index contributed by atoms with van der Waals surface area (Å²) in [5.74, 6) is -0.356. The largest absolute Gasteiger partial charge is 0.258 e. The summed E-state index contributed by atoms with van der Waals surface area (Å²) in [4.78, 5) is 0. The van der Waals surface area contributed by atoms with Crippen LogP contribution in [-0.2, 0) is 10.0 Å². The van der Waals surface area contributed by atoms with Crippen molar-refractivity contribution in [2.75, 3.05) is 4.31 Å². The lowest BCUT2D eigenvalue weighted by atomic mass is 9.81. The second-order valence-electron chi connectivity index (χ2n) is 5.25. The van der Waals surface area contributed by atoms with Crippen LogP contribution < -0.4 is 4.31 Å². The van der Waals surface area contributed by atoms with Gasteiger partial charge < -0.3 is 0 Å². The third-order valence-corrected chi connectivity index (χ3v) is 5.55. The molecule has 0 bridgehead atoms. The van der Waals surface area contributed by atoms with Crippen LogP contribution >= 0.6 is 0 Å². The molecule has 1 aliphatic heterocycles. The van der Waals surface area contributed by atoms with Gasteiger partial charge in [-0.2, -0.15) is 0 Å². The fraction of sp³-hybridized carbons (Fsp3) is 0.429. The van der Waals surface area contributed by atoms with Crippen molar-refractivity contribution in [2.45, 2.75) is 37.6 Å². The van der Waals surface area contributed by atoms with E-state index in [0.29, 0.717) is 5.69 Å². The van der Waals surface area contributed by atoms with E-state index in [1.165, 1.54) is 34.0 Å². The van der Waals surface area contributed by atoms with Crippen LogP contribution in [0.3, 0.4) is 0 Å². The van der Waals surface area contributed by atoms with Gasteiger partial charge in [0.05, 0.1) is 11.2 Å². The summed E-state index contributed by atoms with van der Waals surface area (Å²) >= 11 is 0. The van der Waals surface area contributed by atoms with Crippen LogP contribution in [-0.4, -0.2) is 14.0 Å². The fourth-order valence-electron chi connectivity index (χ4n) is 3.11. The van der Waals surface area contributed by atoms with Crippen molar-refractivity contribution in [1.29, 1.82) is 0 Å². The predicted octanol–water partition coefficient (Wildman–Crippen LogP) is 3.19. The van der Waals surface area contributed by atoms with E-state index >= 15 is 0 Å². The third-order valence-electron chi connectivity index (χ3n) is 3.99. The molecule has 1 aliphatic carbocycles. The predicted molar refractivity (Wildman–Crippen MR) is 72.8 cm³/mol. The van der Waals surface area contributed by atoms with Gasteiger partial charge in [0, 0.05) is 5.41 Å². The van der Waals surface area contributed by atoms with Gasteiger partial charge in [0.15, 0.2) is 0 Å². The molecule has 3 rings (SSSR count). The minimum atomic E-state index is -3.43. The zero-order valence-electron chi connectivity index (χ0n) is 10.5. The Labute approximate surface area is 112 Å². The maximum absolute atomic E-state index is 13.0. The van der Waals surface area contributed by atoms with E-state index in [9.17, 15) is 12.8 Å². The summed E-state index contributed by atoms with van der Waals surface area (Å²) in [6, 6.07) is 5.69. The van der Waals surface area contributed by atoms with E-state index in [4.69, 9.17) is 0 Å². The zero-order valence-corrected chi connectivity index (χ0v) is 11.4. The van der Waals surface area contributed by atoms with Crippen molar-refractivity contribution in [3.8, 4) is 0 Å². The maximum Gasteiger partial charge on any atom is 0.258 e. The van der Waals surface area contributed by atoms with Crippen LogP contribution in [0, 0.1) is 5.82 Å².